The molecule has 0 atom stereocenters. The average Bonchev–Trinajstić information content (AvgIpc) is 2.28. The third-order valence-corrected chi connectivity index (χ3v) is 3.13. The van der Waals surface area contributed by atoms with Gasteiger partial charge in [-0.15, -0.1) is 0 Å². The number of fused-ring (bicyclic) bond motifs is 1. The fourth-order valence-electron chi connectivity index (χ4n) is 2.13. The first-order chi connectivity index (χ1) is 8.15. The Bertz CT molecular complexity index is 599. The maximum absolute atomic E-state index is 12.4. The van der Waals surface area contributed by atoms with Crippen molar-refractivity contribution in [3.05, 3.63) is 45.5 Å². The number of rotatable bonds is 3. The summed E-state index contributed by atoms with van der Waals surface area (Å²) < 4.78 is 1.71. The number of pyridine rings is 1. The van der Waals surface area contributed by atoms with Gasteiger partial charge in [-0.3, -0.25) is 9.20 Å². The summed E-state index contributed by atoms with van der Waals surface area (Å²) in [6.07, 6.45) is 2.95. The zero-order valence-electron chi connectivity index (χ0n) is 10.7. The van der Waals surface area contributed by atoms with E-state index in [2.05, 4.69) is 11.9 Å². The molecule has 0 fully saturated rings. The molecule has 3 nitrogen and oxygen atoms in total. The van der Waals surface area contributed by atoms with Gasteiger partial charge >= 0.3 is 0 Å². The molecule has 0 aliphatic heterocycles. The largest absolute Gasteiger partial charge is 0.269 e. The Morgan fingerprint density at radius 1 is 1.29 bits per heavy atom. The van der Waals surface area contributed by atoms with Crippen molar-refractivity contribution in [3.8, 4) is 0 Å². The summed E-state index contributed by atoms with van der Waals surface area (Å²) >= 11 is 0. The van der Waals surface area contributed by atoms with Gasteiger partial charge in [0, 0.05) is 17.0 Å². The highest BCUT2D eigenvalue weighted by atomic mass is 16.1. The minimum absolute atomic E-state index is 0.0963. The van der Waals surface area contributed by atoms with Crippen LogP contribution in [0.3, 0.4) is 0 Å². The number of aryl methyl sites for hydroxylation is 2. The van der Waals surface area contributed by atoms with Crippen molar-refractivity contribution in [2.24, 2.45) is 0 Å². The molecule has 0 aliphatic rings. The Hall–Kier alpha value is -1.64. The van der Waals surface area contributed by atoms with Crippen LogP contribution in [0.1, 0.15) is 36.7 Å². The lowest BCUT2D eigenvalue weighted by molar-refractivity contribution is 0.768. The molecule has 17 heavy (non-hydrogen) atoms. The Morgan fingerprint density at radius 3 is 2.76 bits per heavy atom. The first-order valence-electron chi connectivity index (χ1n) is 6.13. The van der Waals surface area contributed by atoms with Crippen LogP contribution in [0, 0.1) is 13.8 Å². The highest BCUT2D eigenvalue weighted by molar-refractivity contribution is 5.42. The molecule has 2 aromatic heterocycles. The Balaban J connectivity index is 2.70. The van der Waals surface area contributed by atoms with Crippen LogP contribution in [0.4, 0.5) is 0 Å². The molecule has 0 bridgehead atoms. The van der Waals surface area contributed by atoms with Crippen LogP contribution in [-0.4, -0.2) is 9.38 Å². The molecular weight excluding hydrogens is 212 g/mol. The number of nitrogens with zero attached hydrogens (tertiary/aromatic N) is 2. The Morgan fingerprint density at radius 2 is 2.06 bits per heavy atom. The molecule has 2 rings (SSSR count). The SMILES string of the molecule is CCCCc1c(C)nc2cccc(C)n2c1=O. The summed E-state index contributed by atoms with van der Waals surface area (Å²) in [6.45, 7) is 6.00. The van der Waals surface area contributed by atoms with Gasteiger partial charge in [-0.05, 0) is 38.8 Å². The van der Waals surface area contributed by atoms with E-state index < -0.39 is 0 Å². The maximum atomic E-state index is 12.4. The standard InChI is InChI=1S/C14H18N2O/c1-4-5-8-12-11(3)15-13-9-6-7-10(2)16(13)14(12)17/h6-7,9H,4-5,8H2,1-3H3. The minimum Gasteiger partial charge on any atom is -0.269 e. The second-order valence-corrected chi connectivity index (χ2v) is 4.45. The van der Waals surface area contributed by atoms with Crippen LogP contribution in [0.25, 0.3) is 5.65 Å². The van der Waals surface area contributed by atoms with E-state index in [0.29, 0.717) is 0 Å². The van der Waals surface area contributed by atoms with E-state index in [4.69, 9.17) is 0 Å². The summed E-state index contributed by atoms with van der Waals surface area (Å²) in [5.74, 6) is 0. The van der Waals surface area contributed by atoms with Crippen molar-refractivity contribution in [1.82, 2.24) is 9.38 Å². The molecule has 0 spiro atoms. The molecule has 2 aromatic rings. The number of unbranched alkanes of at least 4 members (excludes halogenated alkanes) is 1. The maximum Gasteiger partial charge on any atom is 0.261 e. The normalized spacial score (nSPS) is 11.0. The highest BCUT2D eigenvalue weighted by Crippen LogP contribution is 2.08. The van der Waals surface area contributed by atoms with E-state index in [9.17, 15) is 4.79 Å². The van der Waals surface area contributed by atoms with Crippen molar-refractivity contribution in [2.75, 3.05) is 0 Å². The first-order valence-corrected chi connectivity index (χ1v) is 6.13. The molecule has 0 saturated carbocycles. The summed E-state index contributed by atoms with van der Waals surface area (Å²) in [5.41, 5.74) is 3.51. The van der Waals surface area contributed by atoms with E-state index in [1.807, 2.05) is 32.0 Å². The summed E-state index contributed by atoms with van der Waals surface area (Å²) in [6, 6.07) is 5.75. The van der Waals surface area contributed by atoms with Crippen LogP contribution < -0.4 is 5.56 Å². The lowest BCUT2D eigenvalue weighted by Gasteiger charge is -2.09. The second-order valence-electron chi connectivity index (χ2n) is 4.45. The predicted molar refractivity (Wildman–Crippen MR) is 69.5 cm³/mol. The molecule has 0 aromatic carbocycles. The molecule has 0 aliphatic carbocycles. The third-order valence-electron chi connectivity index (χ3n) is 3.13. The lowest BCUT2D eigenvalue weighted by Crippen LogP contribution is -2.23. The van der Waals surface area contributed by atoms with Gasteiger partial charge in [0.05, 0.1) is 0 Å². The molecule has 0 radical (unpaired) electrons. The Labute approximate surface area is 101 Å². The predicted octanol–water partition coefficient (Wildman–Crippen LogP) is 2.65. The summed E-state index contributed by atoms with van der Waals surface area (Å²) in [4.78, 5) is 16.9. The number of hydrogen-bond donors (Lipinski definition) is 0. The topological polar surface area (TPSA) is 34.4 Å². The third kappa shape index (κ3) is 2.09. The number of aromatic nitrogens is 2. The fourth-order valence-corrected chi connectivity index (χ4v) is 2.13. The van der Waals surface area contributed by atoms with Crippen LogP contribution in [-0.2, 0) is 6.42 Å². The summed E-state index contributed by atoms with van der Waals surface area (Å²) in [5, 5.41) is 0. The van der Waals surface area contributed by atoms with Crippen LogP contribution >= 0.6 is 0 Å². The minimum atomic E-state index is 0.0963. The molecule has 0 unspecified atom stereocenters. The number of hydrogen-bond acceptors (Lipinski definition) is 2. The van der Waals surface area contributed by atoms with Crippen LogP contribution in [0.15, 0.2) is 23.0 Å². The van der Waals surface area contributed by atoms with E-state index in [-0.39, 0.29) is 5.56 Å². The molecule has 0 amide bonds. The second kappa shape index (κ2) is 4.70. The van der Waals surface area contributed by atoms with Gasteiger partial charge in [0.25, 0.3) is 5.56 Å². The van der Waals surface area contributed by atoms with Crippen molar-refractivity contribution in [2.45, 2.75) is 40.0 Å². The van der Waals surface area contributed by atoms with Gasteiger partial charge < -0.3 is 0 Å². The van der Waals surface area contributed by atoms with Gasteiger partial charge in [0.15, 0.2) is 0 Å². The molecular formula is C14H18N2O. The van der Waals surface area contributed by atoms with Gasteiger partial charge in [0.2, 0.25) is 0 Å². The zero-order valence-corrected chi connectivity index (χ0v) is 10.7. The summed E-state index contributed by atoms with van der Waals surface area (Å²) in [7, 11) is 0. The van der Waals surface area contributed by atoms with E-state index in [1.165, 1.54) is 0 Å². The smallest absolute Gasteiger partial charge is 0.261 e. The fraction of sp³-hybridized carbons (Fsp3) is 0.429. The monoisotopic (exact) mass is 230 g/mol. The zero-order chi connectivity index (χ0) is 12.4. The molecule has 0 saturated heterocycles. The average molecular weight is 230 g/mol. The van der Waals surface area contributed by atoms with Gasteiger partial charge in [0.1, 0.15) is 5.65 Å². The van der Waals surface area contributed by atoms with E-state index in [0.717, 1.165) is 41.9 Å². The van der Waals surface area contributed by atoms with Crippen molar-refractivity contribution in [3.63, 3.8) is 0 Å². The lowest BCUT2D eigenvalue weighted by atomic mass is 10.1. The quantitative estimate of drug-likeness (QED) is 0.812. The first kappa shape index (κ1) is 11.8. The molecule has 0 N–H and O–H groups in total. The van der Waals surface area contributed by atoms with Gasteiger partial charge in [-0.2, -0.15) is 0 Å². The van der Waals surface area contributed by atoms with Crippen LogP contribution in [0.2, 0.25) is 0 Å². The van der Waals surface area contributed by atoms with Crippen LogP contribution in [0.5, 0.6) is 0 Å². The van der Waals surface area contributed by atoms with Crippen molar-refractivity contribution < 1.29 is 0 Å². The molecule has 2 heterocycles. The highest BCUT2D eigenvalue weighted by Gasteiger charge is 2.09. The van der Waals surface area contributed by atoms with Gasteiger partial charge in [-0.25, -0.2) is 4.98 Å². The van der Waals surface area contributed by atoms with E-state index >= 15 is 0 Å². The van der Waals surface area contributed by atoms with Crippen molar-refractivity contribution >= 4 is 5.65 Å². The molecule has 90 valence electrons. The Kier molecular flexibility index (Phi) is 3.27. The van der Waals surface area contributed by atoms with Crippen molar-refractivity contribution in [1.29, 1.82) is 0 Å². The molecule has 3 heteroatoms. The van der Waals surface area contributed by atoms with E-state index in [1.54, 1.807) is 4.40 Å². The van der Waals surface area contributed by atoms with Gasteiger partial charge in [-0.1, -0.05) is 19.4 Å².